The van der Waals surface area contributed by atoms with Crippen LogP contribution in [0.1, 0.15) is 16.0 Å². The van der Waals surface area contributed by atoms with E-state index < -0.39 is 0 Å². The fraction of sp³-hybridized carbons (Fsp3) is 0.154. The first-order valence-electron chi connectivity index (χ1n) is 5.06. The van der Waals surface area contributed by atoms with Gasteiger partial charge in [0.05, 0.1) is 11.3 Å². The van der Waals surface area contributed by atoms with Gasteiger partial charge in [-0.25, -0.2) is 0 Å². The van der Waals surface area contributed by atoms with E-state index in [2.05, 4.69) is 22.8 Å². The third kappa shape index (κ3) is 2.41. The zero-order chi connectivity index (χ0) is 11.4. The van der Waals surface area contributed by atoms with Crippen LogP contribution in [0.4, 0.5) is 5.69 Å². The summed E-state index contributed by atoms with van der Waals surface area (Å²) in [7, 11) is 0. The maximum absolute atomic E-state index is 8.98. The van der Waals surface area contributed by atoms with E-state index in [9.17, 15) is 0 Å². The Morgan fingerprint density at radius 2 is 2.25 bits per heavy atom. The molecule has 3 heteroatoms. The van der Waals surface area contributed by atoms with Crippen molar-refractivity contribution >= 4 is 17.0 Å². The number of nitrogens with zero attached hydrogens (tertiary/aromatic N) is 1. The van der Waals surface area contributed by atoms with Crippen LogP contribution in [0.3, 0.4) is 0 Å². The van der Waals surface area contributed by atoms with E-state index in [1.54, 1.807) is 11.3 Å². The molecule has 0 aliphatic heterocycles. The Kier molecular flexibility index (Phi) is 3.23. The van der Waals surface area contributed by atoms with E-state index >= 15 is 0 Å². The predicted molar refractivity (Wildman–Crippen MR) is 67.5 cm³/mol. The highest BCUT2D eigenvalue weighted by Crippen LogP contribution is 2.18. The Labute approximate surface area is 99.2 Å². The summed E-state index contributed by atoms with van der Waals surface area (Å²) in [6.07, 6.45) is 0. The lowest BCUT2D eigenvalue weighted by atomic mass is 10.1. The van der Waals surface area contributed by atoms with E-state index in [-0.39, 0.29) is 0 Å². The van der Waals surface area contributed by atoms with Crippen LogP contribution in [-0.4, -0.2) is 0 Å². The summed E-state index contributed by atoms with van der Waals surface area (Å²) in [6, 6.07) is 12.1. The molecule has 0 atom stereocenters. The van der Waals surface area contributed by atoms with Crippen LogP contribution in [0.5, 0.6) is 0 Å². The van der Waals surface area contributed by atoms with Crippen LogP contribution in [0, 0.1) is 18.3 Å². The number of aryl methyl sites for hydroxylation is 1. The molecule has 1 aromatic heterocycles. The Balaban J connectivity index is 2.15. The van der Waals surface area contributed by atoms with Gasteiger partial charge in [-0.15, -0.1) is 11.3 Å². The molecule has 0 amide bonds. The lowest BCUT2D eigenvalue weighted by molar-refractivity contribution is 1.18. The van der Waals surface area contributed by atoms with Crippen molar-refractivity contribution in [2.45, 2.75) is 13.5 Å². The number of thiophene rings is 1. The summed E-state index contributed by atoms with van der Waals surface area (Å²) in [6.45, 7) is 2.80. The summed E-state index contributed by atoms with van der Waals surface area (Å²) in [5.41, 5.74) is 2.77. The van der Waals surface area contributed by atoms with E-state index in [1.165, 1.54) is 4.88 Å². The summed E-state index contributed by atoms with van der Waals surface area (Å²) in [5, 5.41) is 14.3. The van der Waals surface area contributed by atoms with Gasteiger partial charge >= 0.3 is 0 Å². The van der Waals surface area contributed by atoms with Gasteiger partial charge in [0.25, 0.3) is 0 Å². The highest BCUT2D eigenvalue weighted by molar-refractivity contribution is 7.09. The summed E-state index contributed by atoms with van der Waals surface area (Å²) in [4.78, 5) is 1.27. The normalized spacial score (nSPS) is 9.75. The molecule has 0 unspecified atom stereocenters. The number of benzene rings is 1. The van der Waals surface area contributed by atoms with Gasteiger partial charge in [0.2, 0.25) is 0 Å². The standard InChI is InChI=1S/C13H12N2S/c1-10-4-5-11(8-14)13(7-10)15-9-12-3-2-6-16-12/h2-7,15H,9H2,1H3. The monoisotopic (exact) mass is 228 g/mol. The Morgan fingerprint density at radius 1 is 1.38 bits per heavy atom. The average Bonchev–Trinajstić information content (AvgIpc) is 2.79. The molecular formula is C13H12N2S. The van der Waals surface area contributed by atoms with Crippen molar-refractivity contribution in [2.24, 2.45) is 0 Å². The molecule has 0 radical (unpaired) electrons. The first kappa shape index (κ1) is 10.7. The molecule has 1 heterocycles. The minimum absolute atomic E-state index is 0.696. The number of hydrogen-bond acceptors (Lipinski definition) is 3. The number of rotatable bonds is 3. The highest BCUT2D eigenvalue weighted by atomic mass is 32.1. The van der Waals surface area contributed by atoms with Crippen LogP contribution >= 0.6 is 11.3 Å². The number of nitrogens with one attached hydrogen (secondary N) is 1. The average molecular weight is 228 g/mol. The van der Waals surface area contributed by atoms with Gasteiger partial charge in [0.15, 0.2) is 0 Å². The molecule has 1 aromatic carbocycles. The lowest BCUT2D eigenvalue weighted by Gasteiger charge is -2.07. The Morgan fingerprint density at radius 3 is 2.94 bits per heavy atom. The maximum atomic E-state index is 8.98. The van der Waals surface area contributed by atoms with Crippen molar-refractivity contribution in [3.05, 3.63) is 51.7 Å². The fourth-order valence-electron chi connectivity index (χ4n) is 1.50. The molecule has 80 valence electrons. The molecule has 0 bridgehead atoms. The lowest BCUT2D eigenvalue weighted by Crippen LogP contribution is -1.99. The Hall–Kier alpha value is -1.79. The molecule has 2 rings (SSSR count). The summed E-state index contributed by atoms with van der Waals surface area (Å²) in [5.74, 6) is 0. The topological polar surface area (TPSA) is 35.8 Å². The van der Waals surface area contributed by atoms with Gasteiger partial charge in [-0.2, -0.15) is 5.26 Å². The van der Waals surface area contributed by atoms with Gasteiger partial charge in [0.1, 0.15) is 6.07 Å². The second-order valence-electron chi connectivity index (χ2n) is 3.59. The smallest absolute Gasteiger partial charge is 0.101 e. The zero-order valence-electron chi connectivity index (χ0n) is 9.03. The molecule has 0 fully saturated rings. The quantitative estimate of drug-likeness (QED) is 0.872. The van der Waals surface area contributed by atoms with Gasteiger partial charge in [-0.1, -0.05) is 12.1 Å². The van der Waals surface area contributed by atoms with Crippen LogP contribution in [0.15, 0.2) is 35.7 Å². The summed E-state index contributed by atoms with van der Waals surface area (Å²) < 4.78 is 0. The second kappa shape index (κ2) is 4.82. The second-order valence-corrected chi connectivity index (χ2v) is 4.63. The van der Waals surface area contributed by atoms with Gasteiger partial charge in [-0.3, -0.25) is 0 Å². The van der Waals surface area contributed by atoms with Crippen molar-refractivity contribution in [1.82, 2.24) is 0 Å². The minimum atomic E-state index is 0.696. The van der Waals surface area contributed by atoms with E-state index in [0.717, 1.165) is 17.8 Å². The molecule has 1 N–H and O–H groups in total. The van der Waals surface area contributed by atoms with Gasteiger partial charge < -0.3 is 5.32 Å². The molecular weight excluding hydrogens is 216 g/mol. The largest absolute Gasteiger partial charge is 0.379 e. The van der Waals surface area contributed by atoms with Crippen LogP contribution in [-0.2, 0) is 6.54 Å². The summed E-state index contributed by atoms with van der Waals surface area (Å²) >= 11 is 1.71. The van der Waals surface area contributed by atoms with Crippen molar-refractivity contribution in [3.63, 3.8) is 0 Å². The molecule has 0 saturated heterocycles. The van der Waals surface area contributed by atoms with Crippen molar-refractivity contribution in [1.29, 1.82) is 5.26 Å². The van der Waals surface area contributed by atoms with E-state index in [0.29, 0.717) is 5.56 Å². The molecule has 0 saturated carbocycles. The fourth-order valence-corrected chi connectivity index (χ4v) is 2.14. The molecule has 16 heavy (non-hydrogen) atoms. The SMILES string of the molecule is Cc1ccc(C#N)c(NCc2cccs2)c1. The third-order valence-corrected chi connectivity index (χ3v) is 3.21. The number of anilines is 1. The van der Waals surface area contributed by atoms with E-state index in [4.69, 9.17) is 5.26 Å². The highest BCUT2D eigenvalue weighted by Gasteiger charge is 2.02. The Bertz CT molecular complexity index is 509. The molecule has 0 aliphatic rings. The molecule has 2 aromatic rings. The van der Waals surface area contributed by atoms with Crippen molar-refractivity contribution in [2.75, 3.05) is 5.32 Å². The van der Waals surface area contributed by atoms with Crippen LogP contribution < -0.4 is 5.32 Å². The van der Waals surface area contributed by atoms with Gasteiger partial charge in [-0.05, 0) is 36.1 Å². The minimum Gasteiger partial charge on any atom is -0.379 e. The first-order chi connectivity index (χ1) is 7.79. The van der Waals surface area contributed by atoms with Crippen LogP contribution in [0.2, 0.25) is 0 Å². The third-order valence-electron chi connectivity index (χ3n) is 2.33. The molecule has 0 aliphatic carbocycles. The van der Waals surface area contributed by atoms with Crippen LogP contribution in [0.25, 0.3) is 0 Å². The van der Waals surface area contributed by atoms with Gasteiger partial charge in [0, 0.05) is 11.4 Å². The van der Waals surface area contributed by atoms with Crippen molar-refractivity contribution in [3.8, 4) is 6.07 Å². The number of nitriles is 1. The molecule has 2 nitrogen and oxygen atoms in total. The molecule has 0 spiro atoms. The zero-order valence-corrected chi connectivity index (χ0v) is 9.84. The first-order valence-corrected chi connectivity index (χ1v) is 5.94. The van der Waals surface area contributed by atoms with Crippen molar-refractivity contribution < 1.29 is 0 Å². The number of hydrogen-bond donors (Lipinski definition) is 1. The maximum Gasteiger partial charge on any atom is 0.101 e. The van der Waals surface area contributed by atoms with E-state index in [1.807, 2.05) is 31.2 Å². The predicted octanol–water partition coefficient (Wildman–Crippen LogP) is 3.54.